The molecule has 0 aromatic carbocycles. The first-order valence-electron chi connectivity index (χ1n) is 4.51. The van der Waals surface area contributed by atoms with Crippen molar-refractivity contribution in [2.75, 3.05) is 0 Å². The van der Waals surface area contributed by atoms with Gasteiger partial charge in [-0.05, 0) is 0 Å². The van der Waals surface area contributed by atoms with E-state index in [0.29, 0.717) is 0 Å². The third kappa shape index (κ3) is 3.88. The molecule has 138 valence electrons. The summed E-state index contributed by atoms with van der Waals surface area (Å²) in [5.74, 6) is -9.45. The highest BCUT2D eigenvalue weighted by atomic mass is 19.4. The molecule has 16 heteroatoms. The summed E-state index contributed by atoms with van der Waals surface area (Å²) in [5.41, 5.74) is 0. The normalized spacial score (nSPS) is 16.3. The first-order chi connectivity index (χ1) is 9.69. The van der Waals surface area contributed by atoms with Gasteiger partial charge in [0.1, 0.15) is 0 Å². The van der Waals surface area contributed by atoms with Crippen molar-refractivity contribution in [1.29, 1.82) is 0 Å². The van der Waals surface area contributed by atoms with Gasteiger partial charge in [0, 0.05) is 0 Å². The number of nitrogens with zero attached hydrogens (tertiary/aromatic N) is 1. The van der Waals surface area contributed by atoms with Gasteiger partial charge in [0.15, 0.2) is 0 Å². The molecule has 0 amide bonds. The average molecular weight is 383 g/mol. The number of rotatable bonds is 3. The molecule has 0 aliphatic rings. The van der Waals surface area contributed by atoms with Crippen LogP contribution in [0.2, 0.25) is 0 Å². The van der Waals surface area contributed by atoms with Gasteiger partial charge in [-0.1, -0.05) is 0 Å². The molecule has 0 fully saturated rings. The Morgan fingerprint density at radius 2 is 0.783 bits per heavy atom. The van der Waals surface area contributed by atoms with Gasteiger partial charge in [-0.2, -0.15) is 65.9 Å². The van der Waals surface area contributed by atoms with Gasteiger partial charge in [0.25, 0.3) is 5.83 Å². The predicted octanol–water partition coefficient (Wildman–Crippen LogP) is 5.27. The topological polar surface area (TPSA) is 3.24 Å². The SMILES string of the molecule is F/C(=C(/F)C(F)(F)F)N(C(F)(F)C(F)(F)F)C(F)(F)C(F)(F)F. The molecular weight excluding hydrogens is 383 g/mol. The second kappa shape index (κ2) is 5.54. The van der Waals surface area contributed by atoms with E-state index in [4.69, 9.17) is 0 Å². The van der Waals surface area contributed by atoms with E-state index in [1.807, 2.05) is 0 Å². The molecule has 0 heterocycles. The molecule has 0 N–H and O–H groups in total. The Kier molecular flexibility index (Phi) is 5.17. The molecule has 0 radical (unpaired) electrons. The first kappa shape index (κ1) is 21.5. The molecule has 0 aromatic rings. The molecule has 0 atom stereocenters. The zero-order valence-electron chi connectivity index (χ0n) is 9.62. The molecule has 0 unspecified atom stereocenters. The molecule has 23 heavy (non-hydrogen) atoms. The highest BCUT2D eigenvalue weighted by Crippen LogP contribution is 2.51. The number of hydrogen-bond acceptors (Lipinski definition) is 1. The summed E-state index contributed by atoms with van der Waals surface area (Å²) in [6.07, 6.45) is -21.6. The monoisotopic (exact) mass is 383 g/mol. The fourth-order valence-electron chi connectivity index (χ4n) is 0.892. The first-order valence-corrected chi connectivity index (χ1v) is 4.51. The van der Waals surface area contributed by atoms with E-state index in [1.165, 1.54) is 0 Å². The molecule has 0 aromatic heterocycles. The van der Waals surface area contributed by atoms with Crippen molar-refractivity contribution in [3.63, 3.8) is 0 Å². The summed E-state index contributed by atoms with van der Waals surface area (Å²) in [5, 5.41) is 0. The Bertz CT molecular complexity index is 436. The highest BCUT2D eigenvalue weighted by Gasteiger charge is 2.76. The van der Waals surface area contributed by atoms with Crippen LogP contribution < -0.4 is 0 Å². The average Bonchev–Trinajstić information content (AvgIpc) is 2.22. The summed E-state index contributed by atoms with van der Waals surface area (Å²) < 4.78 is 182. The van der Waals surface area contributed by atoms with Gasteiger partial charge in [0.2, 0.25) is 5.95 Å². The number of allylic oxidation sites excluding steroid dienone is 1. The molecule has 0 saturated carbocycles. The summed E-state index contributed by atoms with van der Waals surface area (Å²) in [4.78, 5) is -3.97. The Hall–Kier alpha value is -1.51. The van der Waals surface area contributed by atoms with Gasteiger partial charge < -0.3 is 0 Å². The summed E-state index contributed by atoms with van der Waals surface area (Å²) in [7, 11) is 0. The predicted molar refractivity (Wildman–Crippen MR) is 39.1 cm³/mol. The molecular formula is C7F15N. The second-order valence-corrected chi connectivity index (χ2v) is 3.52. The zero-order valence-corrected chi connectivity index (χ0v) is 9.62. The maximum Gasteiger partial charge on any atom is 0.475 e. The van der Waals surface area contributed by atoms with Crippen molar-refractivity contribution in [3.8, 4) is 0 Å². The number of alkyl halides is 13. The van der Waals surface area contributed by atoms with E-state index in [-0.39, 0.29) is 0 Å². The minimum absolute atomic E-state index is 3.97. The third-order valence-electron chi connectivity index (χ3n) is 1.87. The quantitative estimate of drug-likeness (QED) is 0.474. The minimum Gasteiger partial charge on any atom is -0.210 e. The third-order valence-corrected chi connectivity index (χ3v) is 1.87. The molecule has 0 spiro atoms. The van der Waals surface area contributed by atoms with Crippen LogP contribution >= 0.6 is 0 Å². The van der Waals surface area contributed by atoms with Crippen LogP contribution in [-0.2, 0) is 0 Å². The smallest absolute Gasteiger partial charge is 0.210 e. The van der Waals surface area contributed by atoms with Crippen LogP contribution in [0.1, 0.15) is 0 Å². The Morgan fingerprint density at radius 1 is 0.522 bits per heavy atom. The van der Waals surface area contributed by atoms with E-state index in [1.54, 1.807) is 0 Å². The minimum atomic E-state index is -7.54. The molecule has 1 nitrogen and oxygen atoms in total. The Balaban J connectivity index is 6.62. The Labute approximate surface area is 114 Å². The second-order valence-electron chi connectivity index (χ2n) is 3.52. The summed E-state index contributed by atoms with van der Waals surface area (Å²) in [6, 6.07) is -15.1. The lowest BCUT2D eigenvalue weighted by molar-refractivity contribution is -0.427. The fraction of sp³-hybridized carbons (Fsp3) is 0.714. The lowest BCUT2D eigenvalue weighted by atomic mass is 10.3. The highest BCUT2D eigenvalue weighted by molar-refractivity contribution is 5.10. The summed E-state index contributed by atoms with van der Waals surface area (Å²) in [6.45, 7) is 0. The van der Waals surface area contributed by atoms with Crippen molar-refractivity contribution < 1.29 is 65.9 Å². The summed E-state index contributed by atoms with van der Waals surface area (Å²) >= 11 is 0. The largest absolute Gasteiger partial charge is 0.475 e. The Morgan fingerprint density at radius 3 is 0.957 bits per heavy atom. The van der Waals surface area contributed by atoms with Crippen LogP contribution in [0.5, 0.6) is 0 Å². The van der Waals surface area contributed by atoms with E-state index in [9.17, 15) is 65.9 Å². The van der Waals surface area contributed by atoms with Gasteiger partial charge in [-0.25, -0.2) is 4.90 Å². The lowest BCUT2D eigenvalue weighted by Gasteiger charge is -2.38. The van der Waals surface area contributed by atoms with Crippen LogP contribution in [-0.4, -0.2) is 35.5 Å². The van der Waals surface area contributed by atoms with Crippen LogP contribution in [0, 0.1) is 0 Å². The van der Waals surface area contributed by atoms with Crippen molar-refractivity contribution in [2.45, 2.75) is 30.6 Å². The molecule has 0 aliphatic heterocycles. The van der Waals surface area contributed by atoms with E-state index >= 15 is 0 Å². The van der Waals surface area contributed by atoms with Gasteiger partial charge >= 0.3 is 30.6 Å². The van der Waals surface area contributed by atoms with Gasteiger partial charge in [0.05, 0.1) is 0 Å². The molecule has 0 saturated heterocycles. The number of hydrogen-bond donors (Lipinski definition) is 0. The standard InChI is InChI=1S/C7F15N/c8-1(3(10,11)12)2(9)23(6(19,20)4(13,14)15)7(21,22)5(16,17)18/b2-1-. The maximum absolute atomic E-state index is 12.8. The van der Waals surface area contributed by atoms with E-state index in [2.05, 4.69) is 0 Å². The van der Waals surface area contributed by atoms with Crippen LogP contribution in [0.3, 0.4) is 0 Å². The van der Waals surface area contributed by atoms with E-state index in [0.717, 1.165) is 0 Å². The fourth-order valence-corrected chi connectivity index (χ4v) is 0.892. The van der Waals surface area contributed by atoms with Crippen LogP contribution in [0.25, 0.3) is 0 Å². The van der Waals surface area contributed by atoms with Crippen molar-refractivity contribution >= 4 is 0 Å². The zero-order chi connectivity index (χ0) is 19.2. The van der Waals surface area contributed by atoms with E-state index < -0.39 is 47.3 Å². The van der Waals surface area contributed by atoms with Crippen LogP contribution in [0.15, 0.2) is 11.8 Å². The molecule has 0 bridgehead atoms. The van der Waals surface area contributed by atoms with Crippen molar-refractivity contribution in [3.05, 3.63) is 11.8 Å². The van der Waals surface area contributed by atoms with Gasteiger partial charge in [-0.3, -0.25) is 0 Å². The van der Waals surface area contributed by atoms with Crippen molar-refractivity contribution in [2.24, 2.45) is 0 Å². The molecule has 0 rings (SSSR count). The molecule has 0 aliphatic carbocycles. The van der Waals surface area contributed by atoms with Crippen LogP contribution in [0.4, 0.5) is 65.9 Å². The van der Waals surface area contributed by atoms with Crippen molar-refractivity contribution in [1.82, 2.24) is 4.90 Å². The number of halogens is 15. The lowest BCUT2D eigenvalue weighted by Crippen LogP contribution is -2.63. The maximum atomic E-state index is 12.8. The van der Waals surface area contributed by atoms with Gasteiger partial charge in [-0.15, -0.1) is 0 Å².